The number of amides is 2. The Morgan fingerprint density at radius 3 is 2.94 bits per heavy atom. The van der Waals surface area contributed by atoms with Crippen LogP contribution in [0.2, 0.25) is 0 Å². The van der Waals surface area contributed by atoms with E-state index in [1.165, 1.54) is 11.3 Å². The molecule has 1 aliphatic heterocycles. The summed E-state index contributed by atoms with van der Waals surface area (Å²) in [5, 5.41) is 11.7. The number of urea groups is 1. The average molecular weight is 496 g/mol. The molecule has 9 nitrogen and oxygen atoms in total. The van der Waals surface area contributed by atoms with Crippen LogP contribution in [-0.2, 0) is 17.7 Å². The summed E-state index contributed by atoms with van der Waals surface area (Å²) >= 11 is 3.09. The first kappa shape index (κ1) is 22.7. The van der Waals surface area contributed by atoms with E-state index in [0.717, 1.165) is 71.4 Å². The standard InChI is InChI=1S/C23H25N7O2S2/c31-22(28-17-3-1-2-16(12-17)14-30-7-9-32-10-8-30)29-23-25-13-18(34-23)4-6-24-21-20-19(5-11-33-20)26-15-27-21/h1-3,5,11-13,15H,4,6-10,14H2,(H,24,26,27)(H2,25,28,29,31). The Morgan fingerprint density at radius 2 is 2.03 bits per heavy atom. The predicted octanol–water partition coefficient (Wildman–Crippen LogP) is 4.28. The van der Waals surface area contributed by atoms with Crippen LogP contribution in [0.5, 0.6) is 0 Å². The van der Waals surface area contributed by atoms with Crippen molar-refractivity contribution in [3.05, 3.63) is 58.7 Å². The minimum Gasteiger partial charge on any atom is -0.379 e. The highest BCUT2D eigenvalue weighted by Crippen LogP contribution is 2.25. The van der Waals surface area contributed by atoms with Gasteiger partial charge in [-0.25, -0.2) is 19.7 Å². The number of anilines is 3. The van der Waals surface area contributed by atoms with Crippen LogP contribution in [0.1, 0.15) is 10.4 Å². The third-order valence-corrected chi connectivity index (χ3v) is 7.26. The van der Waals surface area contributed by atoms with Gasteiger partial charge in [-0.2, -0.15) is 0 Å². The summed E-state index contributed by atoms with van der Waals surface area (Å²) in [7, 11) is 0. The van der Waals surface area contributed by atoms with Gasteiger partial charge in [-0.1, -0.05) is 12.1 Å². The fourth-order valence-electron chi connectivity index (χ4n) is 3.72. The lowest BCUT2D eigenvalue weighted by atomic mass is 10.2. The van der Waals surface area contributed by atoms with Crippen LogP contribution in [0, 0.1) is 0 Å². The quantitative estimate of drug-likeness (QED) is 0.335. The average Bonchev–Trinajstić information content (AvgIpc) is 3.50. The highest BCUT2D eigenvalue weighted by molar-refractivity contribution is 7.17. The Hall–Kier alpha value is -3.12. The molecule has 0 spiro atoms. The number of carbonyl (C=O) groups excluding carboxylic acids is 1. The molecule has 0 bridgehead atoms. The lowest BCUT2D eigenvalue weighted by Crippen LogP contribution is -2.35. The van der Waals surface area contributed by atoms with Gasteiger partial charge < -0.3 is 15.4 Å². The minimum atomic E-state index is -0.302. The zero-order chi connectivity index (χ0) is 23.2. The molecule has 1 aliphatic rings. The van der Waals surface area contributed by atoms with Gasteiger partial charge in [-0.15, -0.1) is 22.7 Å². The van der Waals surface area contributed by atoms with Crippen LogP contribution in [0.3, 0.4) is 0 Å². The fraction of sp³-hybridized carbons (Fsp3) is 0.304. The molecule has 1 fully saturated rings. The summed E-state index contributed by atoms with van der Waals surface area (Å²) in [6, 6.07) is 9.61. The summed E-state index contributed by atoms with van der Waals surface area (Å²) in [5.74, 6) is 0.845. The second kappa shape index (κ2) is 10.9. The van der Waals surface area contributed by atoms with E-state index in [2.05, 4.69) is 41.9 Å². The number of aromatic nitrogens is 3. The van der Waals surface area contributed by atoms with Crippen LogP contribution in [0.4, 0.5) is 21.4 Å². The van der Waals surface area contributed by atoms with E-state index in [9.17, 15) is 4.79 Å². The zero-order valence-electron chi connectivity index (χ0n) is 18.5. The van der Waals surface area contributed by atoms with Crippen molar-refractivity contribution in [2.75, 3.05) is 48.8 Å². The second-order valence-corrected chi connectivity index (χ2v) is 9.87. The molecular weight excluding hydrogens is 470 g/mol. The monoisotopic (exact) mass is 495 g/mol. The van der Waals surface area contributed by atoms with Gasteiger partial charge in [-0.3, -0.25) is 10.2 Å². The number of benzene rings is 1. The Labute approximate surface area is 205 Å². The van der Waals surface area contributed by atoms with Crippen molar-refractivity contribution >= 4 is 55.6 Å². The molecule has 176 valence electrons. The Morgan fingerprint density at radius 1 is 1.12 bits per heavy atom. The van der Waals surface area contributed by atoms with Gasteiger partial charge in [0.1, 0.15) is 12.1 Å². The molecule has 4 aromatic rings. The Bertz CT molecular complexity index is 1250. The largest absolute Gasteiger partial charge is 0.379 e. The van der Waals surface area contributed by atoms with E-state index >= 15 is 0 Å². The molecular formula is C23H25N7O2S2. The third-order valence-electron chi connectivity index (χ3n) is 5.38. The molecule has 0 saturated carbocycles. The second-order valence-electron chi connectivity index (χ2n) is 7.83. The smallest absolute Gasteiger partial charge is 0.325 e. The molecule has 0 atom stereocenters. The van der Waals surface area contributed by atoms with Crippen molar-refractivity contribution in [3.63, 3.8) is 0 Å². The van der Waals surface area contributed by atoms with Gasteiger partial charge in [0, 0.05) is 49.4 Å². The number of thiazole rings is 1. The van der Waals surface area contributed by atoms with Crippen molar-refractivity contribution in [2.45, 2.75) is 13.0 Å². The first-order chi connectivity index (χ1) is 16.7. The molecule has 34 heavy (non-hydrogen) atoms. The summed E-state index contributed by atoms with van der Waals surface area (Å²) in [6.45, 7) is 4.96. The van der Waals surface area contributed by atoms with E-state index in [1.54, 1.807) is 23.9 Å². The van der Waals surface area contributed by atoms with Crippen molar-refractivity contribution in [2.24, 2.45) is 0 Å². The van der Waals surface area contributed by atoms with Crippen molar-refractivity contribution < 1.29 is 9.53 Å². The highest BCUT2D eigenvalue weighted by Gasteiger charge is 2.12. The van der Waals surface area contributed by atoms with E-state index in [1.807, 2.05) is 29.6 Å². The fourth-order valence-corrected chi connectivity index (χ4v) is 5.34. The molecule has 5 rings (SSSR count). The van der Waals surface area contributed by atoms with Gasteiger partial charge >= 0.3 is 6.03 Å². The maximum atomic E-state index is 12.5. The normalized spacial score (nSPS) is 14.2. The van der Waals surface area contributed by atoms with Crippen molar-refractivity contribution in [1.82, 2.24) is 19.9 Å². The number of hydrogen-bond donors (Lipinski definition) is 3. The lowest BCUT2D eigenvalue weighted by Gasteiger charge is -2.26. The molecule has 3 aromatic heterocycles. The summed E-state index contributed by atoms with van der Waals surface area (Å²) in [5.41, 5.74) is 2.87. The van der Waals surface area contributed by atoms with Gasteiger partial charge in [-0.05, 0) is 29.1 Å². The first-order valence-electron chi connectivity index (χ1n) is 11.1. The predicted molar refractivity (Wildman–Crippen MR) is 137 cm³/mol. The van der Waals surface area contributed by atoms with Crippen molar-refractivity contribution in [3.8, 4) is 0 Å². The number of carbonyl (C=O) groups is 1. The molecule has 0 radical (unpaired) electrons. The number of hydrogen-bond acceptors (Lipinski definition) is 9. The van der Waals surface area contributed by atoms with Gasteiger partial charge in [0.25, 0.3) is 0 Å². The van der Waals surface area contributed by atoms with Crippen LogP contribution in [-0.4, -0.2) is 58.7 Å². The molecule has 1 aromatic carbocycles. The topological polar surface area (TPSA) is 104 Å². The van der Waals surface area contributed by atoms with Crippen LogP contribution >= 0.6 is 22.7 Å². The summed E-state index contributed by atoms with van der Waals surface area (Å²) in [4.78, 5) is 28.8. The zero-order valence-corrected chi connectivity index (χ0v) is 20.1. The van der Waals surface area contributed by atoms with Gasteiger partial charge in [0.2, 0.25) is 0 Å². The maximum Gasteiger partial charge on any atom is 0.325 e. The number of morpholine rings is 1. The maximum absolute atomic E-state index is 12.5. The SMILES string of the molecule is O=C(Nc1cccc(CN2CCOCC2)c1)Nc1ncc(CCNc2ncnc3ccsc23)s1. The van der Waals surface area contributed by atoms with Gasteiger partial charge in [0.05, 0.1) is 23.4 Å². The van der Waals surface area contributed by atoms with Crippen molar-refractivity contribution in [1.29, 1.82) is 0 Å². The van der Waals surface area contributed by atoms with E-state index in [0.29, 0.717) is 11.7 Å². The Balaban J connectivity index is 1.10. The first-order valence-corrected chi connectivity index (χ1v) is 12.8. The third kappa shape index (κ3) is 5.86. The molecule has 0 aliphatic carbocycles. The minimum absolute atomic E-state index is 0.302. The number of rotatable bonds is 8. The molecule has 1 saturated heterocycles. The highest BCUT2D eigenvalue weighted by atomic mass is 32.1. The molecule has 11 heteroatoms. The van der Waals surface area contributed by atoms with E-state index < -0.39 is 0 Å². The van der Waals surface area contributed by atoms with Crippen LogP contribution in [0.25, 0.3) is 10.2 Å². The van der Waals surface area contributed by atoms with Crippen LogP contribution in [0.15, 0.2) is 48.2 Å². The number of ether oxygens (including phenoxy) is 1. The Kier molecular flexibility index (Phi) is 7.25. The number of fused-ring (bicyclic) bond motifs is 1. The van der Waals surface area contributed by atoms with Gasteiger partial charge in [0.15, 0.2) is 5.13 Å². The lowest BCUT2D eigenvalue weighted by molar-refractivity contribution is 0.0342. The molecule has 3 N–H and O–H groups in total. The molecule has 2 amide bonds. The number of nitrogens with one attached hydrogen (secondary N) is 3. The number of nitrogens with zero attached hydrogens (tertiary/aromatic N) is 4. The molecule has 0 unspecified atom stereocenters. The van der Waals surface area contributed by atoms with E-state index in [4.69, 9.17) is 4.74 Å². The van der Waals surface area contributed by atoms with E-state index in [-0.39, 0.29) is 6.03 Å². The summed E-state index contributed by atoms with van der Waals surface area (Å²) < 4.78 is 6.46. The number of thiophene rings is 1. The van der Waals surface area contributed by atoms with Crippen LogP contribution < -0.4 is 16.0 Å². The summed E-state index contributed by atoms with van der Waals surface area (Å²) in [6.07, 6.45) is 4.15. The molecule has 4 heterocycles.